The second-order valence-electron chi connectivity index (χ2n) is 6.05. The lowest BCUT2D eigenvalue weighted by molar-refractivity contribution is -0.136. The van der Waals surface area contributed by atoms with Crippen LogP contribution in [-0.2, 0) is 11.3 Å². The van der Waals surface area contributed by atoms with E-state index in [4.69, 9.17) is 4.42 Å². The number of nitrogens with zero attached hydrogens (tertiary/aromatic N) is 1. The number of likely N-dealkylation sites (tertiary alicyclic amines) is 1. The summed E-state index contributed by atoms with van der Waals surface area (Å²) in [5.74, 6) is -1.52. The molecule has 1 aliphatic rings. The topological polar surface area (TPSA) is 62.6 Å². The van der Waals surface area contributed by atoms with Gasteiger partial charge in [-0.15, -0.1) is 0 Å². The van der Waals surface area contributed by atoms with Gasteiger partial charge in [-0.2, -0.15) is 0 Å². The second-order valence-corrected chi connectivity index (χ2v) is 6.05. The Kier molecular flexibility index (Phi) is 4.83. The third kappa shape index (κ3) is 3.70. The molecule has 0 saturated carbocycles. The van der Waals surface area contributed by atoms with Crippen molar-refractivity contribution in [2.75, 3.05) is 6.54 Å². The molecule has 1 aromatic carbocycles. The molecule has 25 heavy (non-hydrogen) atoms. The Morgan fingerprint density at radius 2 is 2.16 bits per heavy atom. The fourth-order valence-corrected chi connectivity index (χ4v) is 2.94. The molecule has 0 bridgehead atoms. The quantitative estimate of drug-likeness (QED) is 0.924. The number of benzene rings is 1. The lowest BCUT2D eigenvalue weighted by atomic mass is 10.0. The Morgan fingerprint density at radius 3 is 2.84 bits per heavy atom. The summed E-state index contributed by atoms with van der Waals surface area (Å²) in [5.41, 5.74) is 0.627. The SMILES string of the molecule is Cc1occc1C(=O)N[C@@H]1CCCN(Cc2ccc(F)cc2F)C1=O. The van der Waals surface area contributed by atoms with Crippen LogP contribution in [-0.4, -0.2) is 29.3 Å². The zero-order chi connectivity index (χ0) is 18.0. The number of halogens is 2. The maximum absolute atomic E-state index is 13.8. The van der Waals surface area contributed by atoms with E-state index in [0.29, 0.717) is 30.7 Å². The molecule has 1 atom stereocenters. The maximum Gasteiger partial charge on any atom is 0.255 e. The third-order valence-electron chi connectivity index (χ3n) is 4.32. The van der Waals surface area contributed by atoms with E-state index in [1.165, 1.54) is 17.2 Å². The summed E-state index contributed by atoms with van der Waals surface area (Å²) >= 11 is 0. The lowest BCUT2D eigenvalue weighted by Crippen LogP contribution is -2.52. The van der Waals surface area contributed by atoms with E-state index in [1.54, 1.807) is 13.0 Å². The van der Waals surface area contributed by atoms with Crippen LogP contribution in [0.15, 0.2) is 34.9 Å². The molecule has 132 valence electrons. The molecule has 5 nitrogen and oxygen atoms in total. The number of carbonyl (C=O) groups is 2. The largest absolute Gasteiger partial charge is 0.469 e. The monoisotopic (exact) mass is 348 g/mol. The summed E-state index contributed by atoms with van der Waals surface area (Å²) in [6.45, 7) is 2.18. The molecule has 1 aromatic heterocycles. The molecule has 1 aliphatic heterocycles. The second kappa shape index (κ2) is 7.04. The fraction of sp³-hybridized carbons (Fsp3) is 0.333. The Hall–Kier alpha value is -2.70. The number of aryl methyl sites for hydroxylation is 1. The van der Waals surface area contributed by atoms with E-state index in [-0.39, 0.29) is 23.9 Å². The summed E-state index contributed by atoms with van der Waals surface area (Å²) in [6.07, 6.45) is 2.62. The van der Waals surface area contributed by atoms with Gasteiger partial charge >= 0.3 is 0 Å². The normalized spacial score (nSPS) is 17.6. The van der Waals surface area contributed by atoms with Crippen molar-refractivity contribution in [2.24, 2.45) is 0 Å². The smallest absolute Gasteiger partial charge is 0.255 e. The predicted octanol–water partition coefficient (Wildman–Crippen LogP) is 2.79. The molecule has 2 aromatic rings. The van der Waals surface area contributed by atoms with Crippen molar-refractivity contribution in [3.8, 4) is 0 Å². The average molecular weight is 348 g/mol. The fourth-order valence-electron chi connectivity index (χ4n) is 2.94. The van der Waals surface area contributed by atoms with Crippen LogP contribution >= 0.6 is 0 Å². The highest BCUT2D eigenvalue weighted by molar-refractivity contribution is 5.98. The van der Waals surface area contributed by atoms with Gasteiger partial charge in [-0.1, -0.05) is 6.07 Å². The highest BCUT2D eigenvalue weighted by Gasteiger charge is 2.31. The Bertz CT molecular complexity index is 803. The molecule has 7 heteroatoms. The van der Waals surface area contributed by atoms with Crippen LogP contribution in [0.4, 0.5) is 8.78 Å². The first-order chi connectivity index (χ1) is 12.0. The average Bonchev–Trinajstić information content (AvgIpc) is 3.00. The summed E-state index contributed by atoms with van der Waals surface area (Å²) in [5, 5.41) is 2.71. The van der Waals surface area contributed by atoms with Gasteiger partial charge in [-0.3, -0.25) is 9.59 Å². The Balaban J connectivity index is 1.68. The first-order valence-corrected chi connectivity index (χ1v) is 8.03. The first-order valence-electron chi connectivity index (χ1n) is 8.03. The summed E-state index contributed by atoms with van der Waals surface area (Å²) in [6, 6.07) is 4.16. The van der Waals surface area contributed by atoms with Gasteiger partial charge in [0.1, 0.15) is 23.4 Å². The summed E-state index contributed by atoms with van der Waals surface area (Å²) < 4.78 is 31.9. The molecule has 2 heterocycles. The van der Waals surface area contributed by atoms with Crippen LogP contribution < -0.4 is 5.32 Å². The third-order valence-corrected chi connectivity index (χ3v) is 4.32. The van der Waals surface area contributed by atoms with Crippen molar-refractivity contribution >= 4 is 11.8 Å². The molecular formula is C18H18F2N2O3. The molecule has 1 saturated heterocycles. The predicted molar refractivity (Wildman–Crippen MR) is 85.7 cm³/mol. The van der Waals surface area contributed by atoms with Crippen LogP contribution in [0.2, 0.25) is 0 Å². The van der Waals surface area contributed by atoms with Gasteiger partial charge < -0.3 is 14.6 Å². The van der Waals surface area contributed by atoms with E-state index < -0.39 is 17.7 Å². The van der Waals surface area contributed by atoms with Gasteiger partial charge in [0.2, 0.25) is 5.91 Å². The van der Waals surface area contributed by atoms with Crippen molar-refractivity contribution in [2.45, 2.75) is 32.4 Å². The van der Waals surface area contributed by atoms with Crippen LogP contribution in [0.25, 0.3) is 0 Å². The number of hydrogen-bond acceptors (Lipinski definition) is 3. The van der Waals surface area contributed by atoms with Crippen LogP contribution in [0.3, 0.4) is 0 Å². The van der Waals surface area contributed by atoms with Crippen LogP contribution in [0, 0.1) is 18.6 Å². The standard InChI is InChI=1S/C18H18F2N2O3/c1-11-14(6-8-25-11)17(23)21-16-3-2-7-22(18(16)24)10-12-4-5-13(19)9-15(12)20/h4-6,8-9,16H,2-3,7,10H2,1H3,(H,21,23)/t16-/m1/s1. The van der Waals surface area contributed by atoms with Crippen LogP contribution in [0.5, 0.6) is 0 Å². The van der Waals surface area contributed by atoms with Gasteiger partial charge in [-0.05, 0) is 31.9 Å². The number of piperidine rings is 1. The summed E-state index contributed by atoms with van der Waals surface area (Å²) in [7, 11) is 0. The Morgan fingerprint density at radius 1 is 1.36 bits per heavy atom. The van der Waals surface area contributed by atoms with Crippen molar-refractivity contribution < 1.29 is 22.8 Å². The molecule has 0 unspecified atom stereocenters. The van der Waals surface area contributed by atoms with Crippen molar-refractivity contribution in [1.29, 1.82) is 0 Å². The number of carbonyl (C=O) groups excluding carboxylic acids is 2. The summed E-state index contributed by atoms with van der Waals surface area (Å²) in [4.78, 5) is 26.3. The maximum atomic E-state index is 13.8. The highest BCUT2D eigenvalue weighted by atomic mass is 19.1. The van der Waals surface area contributed by atoms with Crippen molar-refractivity contribution in [3.05, 3.63) is 59.1 Å². The van der Waals surface area contributed by atoms with Gasteiger partial charge in [0, 0.05) is 24.7 Å². The molecule has 0 spiro atoms. The molecular weight excluding hydrogens is 330 g/mol. The molecule has 1 N–H and O–H groups in total. The highest BCUT2D eigenvalue weighted by Crippen LogP contribution is 2.18. The van der Waals surface area contributed by atoms with E-state index in [0.717, 1.165) is 12.1 Å². The van der Waals surface area contributed by atoms with Gasteiger partial charge in [0.15, 0.2) is 0 Å². The van der Waals surface area contributed by atoms with Gasteiger partial charge in [-0.25, -0.2) is 8.78 Å². The Labute approximate surface area is 143 Å². The number of rotatable bonds is 4. The molecule has 3 rings (SSSR count). The number of furan rings is 1. The minimum Gasteiger partial charge on any atom is -0.469 e. The van der Waals surface area contributed by atoms with Crippen molar-refractivity contribution in [1.82, 2.24) is 10.2 Å². The minimum atomic E-state index is -0.687. The van der Waals surface area contributed by atoms with Crippen molar-refractivity contribution in [3.63, 3.8) is 0 Å². The van der Waals surface area contributed by atoms with Crippen LogP contribution in [0.1, 0.15) is 34.5 Å². The number of hydrogen-bond donors (Lipinski definition) is 1. The number of nitrogens with one attached hydrogen (secondary N) is 1. The van der Waals surface area contributed by atoms with Gasteiger partial charge in [0.05, 0.1) is 11.8 Å². The van der Waals surface area contributed by atoms with E-state index >= 15 is 0 Å². The zero-order valence-electron chi connectivity index (χ0n) is 13.7. The molecule has 1 fully saturated rings. The van der Waals surface area contributed by atoms with E-state index in [1.807, 2.05) is 0 Å². The number of amides is 2. The zero-order valence-corrected chi connectivity index (χ0v) is 13.7. The first kappa shape index (κ1) is 17.1. The minimum absolute atomic E-state index is 0.0437. The molecule has 0 aliphatic carbocycles. The molecule has 2 amide bonds. The molecule has 0 radical (unpaired) electrons. The lowest BCUT2D eigenvalue weighted by Gasteiger charge is -2.32. The van der Waals surface area contributed by atoms with E-state index in [9.17, 15) is 18.4 Å². The van der Waals surface area contributed by atoms with Gasteiger partial charge in [0.25, 0.3) is 5.91 Å². The van der Waals surface area contributed by atoms with E-state index in [2.05, 4.69) is 5.32 Å².